The maximum atomic E-state index is 11.8. The van der Waals surface area contributed by atoms with Gasteiger partial charge in [-0.25, -0.2) is 0 Å². The maximum Gasteiger partial charge on any atom is 0.231 e. The monoisotopic (exact) mass is 299 g/mol. The number of hydrogen-bond donors (Lipinski definition) is 1. The van der Waals surface area contributed by atoms with E-state index in [0.29, 0.717) is 11.4 Å². The summed E-state index contributed by atoms with van der Waals surface area (Å²) in [5.41, 5.74) is 1.84. The van der Waals surface area contributed by atoms with Crippen molar-refractivity contribution in [1.29, 1.82) is 0 Å². The number of thioether (sulfide) groups is 1. The fourth-order valence-corrected chi connectivity index (χ4v) is 2.53. The lowest BCUT2D eigenvalue weighted by Gasteiger charge is -2.05. The second kappa shape index (κ2) is 7.64. The molecule has 2 aromatic carbocycles. The van der Waals surface area contributed by atoms with Gasteiger partial charge >= 0.3 is 0 Å². The maximum absolute atomic E-state index is 11.8. The Hall–Kier alpha value is -2.07. The molecule has 0 bridgehead atoms. The Kier molecular flexibility index (Phi) is 5.58. The number of Topliss-reactive ketones (excluding diaryl/α,β-unsaturated/α-hetero) is 1. The lowest BCUT2D eigenvalue weighted by atomic mass is 10.2. The van der Waals surface area contributed by atoms with E-state index in [4.69, 9.17) is 0 Å². The van der Waals surface area contributed by atoms with Gasteiger partial charge in [-0.3, -0.25) is 9.59 Å². The Morgan fingerprint density at radius 2 is 1.67 bits per heavy atom. The minimum absolute atomic E-state index is 0.0755. The predicted octanol–water partition coefficient (Wildman–Crippen LogP) is 3.69. The van der Waals surface area contributed by atoms with Gasteiger partial charge in [0.1, 0.15) is 0 Å². The van der Waals surface area contributed by atoms with Crippen LogP contribution in [-0.4, -0.2) is 17.4 Å². The summed E-state index contributed by atoms with van der Waals surface area (Å²) in [6, 6.07) is 17.2. The Labute approximate surface area is 128 Å². The van der Waals surface area contributed by atoms with Crippen molar-refractivity contribution in [2.45, 2.75) is 18.2 Å². The van der Waals surface area contributed by atoms with Crippen LogP contribution in [-0.2, 0) is 9.59 Å². The first-order chi connectivity index (χ1) is 10.1. The van der Waals surface area contributed by atoms with E-state index in [2.05, 4.69) is 5.32 Å². The van der Waals surface area contributed by atoms with Gasteiger partial charge in [0.15, 0.2) is 5.78 Å². The van der Waals surface area contributed by atoms with E-state index in [1.54, 1.807) is 0 Å². The van der Waals surface area contributed by atoms with Crippen molar-refractivity contribution in [3.63, 3.8) is 0 Å². The molecule has 0 aliphatic heterocycles. The van der Waals surface area contributed by atoms with E-state index in [1.165, 1.54) is 11.8 Å². The number of aryl methyl sites for hydroxylation is 1. The normalized spacial score (nSPS) is 10.1. The van der Waals surface area contributed by atoms with Crippen molar-refractivity contribution < 1.29 is 9.59 Å². The van der Waals surface area contributed by atoms with E-state index >= 15 is 0 Å². The van der Waals surface area contributed by atoms with Gasteiger partial charge < -0.3 is 5.32 Å². The fourth-order valence-electron chi connectivity index (χ4n) is 1.75. The first-order valence-electron chi connectivity index (χ1n) is 6.69. The molecular formula is C17H17NO2S. The predicted molar refractivity (Wildman–Crippen MR) is 86.6 cm³/mol. The highest BCUT2D eigenvalue weighted by Gasteiger charge is 2.10. The summed E-state index contributed by atoms with van der Waals surface area (Å²) < 4.78 is 0. The van der Waals surface area contributed by atoms with Crippen molar-refractivity contribution in [1.82, 2.24) is 0 Å². The molecule has 0 fully saturated rings. The number of ketones is 1. The summed E-state index contributed by atoms with van der Waals surface area (Å²) in [6.45, 7) is 1.98. The molecule has 0 saturated heterocycles. The molecule has 0 aromatic heterocycles. The molecule has 0 spiro atoms. The van der Waals surface area contributed by atoms with Crippen LogP contribution in [0.2, 0.25) is 0 Å². The molecule has 3 nitrogen and oxygen atoms in total. The van der Waals surface area contributed by atoms with Crippen molar-refractivity contribution in [2.75, 3.05) is 11.1 Å². The van der Waals surface area contributed by atoms with Crippen LogP contribution in [0.3, 0.4) is 0 Å². The molecule has 21 heavy (non-hydrogen) atoms. The molecule has 0 heterocycles. The minimum Gasteiger partial charge on any atom is -0.326 e. The van der Waals surface area contributed by atoms with Gasteiger partial charge in [-0.15, -0.1) is 11.8 Å². The Balaban J connectivity index is 1.77. The van der Waals surface area contributed by atoms with E-state index in [9.17, 15) is 9.59 Å². The smallest absolute Gasteiger partial charge is 0.231 e. The molecule has 108 valence electrons. The number of nitrogens with one attached hydrogen (secondary N) is 1. The third-order valence-corrected chi connectivity index (χ3v) is 3.91. The molecule has 4 heteroatoms. The van der Waals surface area contributed by atoms with Gasteiger partial charge in [0.2, 0.25) is 5.91 Å². The Morgan fingerprint density at radius 3 is 2.33 bits per heavy atom. The Bertz CT molecular complexity index is 608. The van der Waals surface area contributed by atoms with E-state index in [1.807, 2.05) is 61.5 Å². The average Bonchev–Trinajstić information content (AvgIpc) is 2.48. The van der Waals surface area contributed by atoms with Crippen LogP contribution in [0, 0.1) is 6.92 Å². The molecule has 0 aliphatic carbocycles. The van der Waals surface area contributed by atoms with Crippen LogP contribution in [0.4, 0.5) is 5.69 Å². The zero-order valence-electron chi connectivity index (χ0n) is 11.8. The molecule has 2 aromatic rings. The summed E-state index contributed by atoms with van der Waals surface area (Å²) in [4.78, 5) is 24.6. The molecule has 0 unspecified atom stereocenters. The molecule has 1 N–H and O–H groups in total. The summed E-state index contributed by atoms with van der Waals surface area (Å²) in [7, 11) is 0. The van der Waals surface area contributed by atoms with Crippen LogP contribution in [0.15, 0.2) is 59.5 Å². The summed E-state index contributed by atoms with van der Waals surface area (Å²) in [5.74, 6) is -0.0308. The largest absolute Gasteiger partial charge is 0.326 e. The topological polar surface area (TPSA) is 46.2 Å². The lowest BCUT2D eigenvalue weighted by Crippen LogP contribution is -2.17. The number of benzene rings is 2. The second-order valence-corrected chi connectivity index (χ2v) is 5.78. The number of carbonyl (C=O) groups excluding carboxylic acids is 2. The number of hydrogen-bond acceptors (Lipinski definition) is 3. The van der Waals surface area contributed by atoms with Crippen LogP contribution >= 0.6 is 11.8 Å². The van der Waals surface area contributed by atoms with Gasteiger partial charge in [0, 0.05) is 10.6 Å². The quantitative estimate of drug-likeness (QED) is 0.653. The number of anilines is 1. The van der Waals surface area contributed by atoms with E-state index in [-0.39, 0.29) is 18.1 Å². The van der Waals surface area contributed by atoms with Crippen LogP contribution in [0.5, 0.6) is 0 Å². The van der Waals surface area contributed by atoms with Crippen LogP contribution < -0.4 is 5.32 Å². The highest BCUT2D eigenvalue weighted by molar-refractivity contribution is 8.00. The van der Waals surface area contributed by atoms with Crippen LogP contribution in [0.25, 0.3) is 0 Å². The molecule has 1 amide bonds. The molecular weight excluding hydrogens is 282 g/mol. The zero-order valence-corrected chi connectivity index (χ0v) is 12.7. The molecule has 0 saturated carbocycles. The highest BCUT2D eigenvalue weighted by atomic mass is 32.2. The van der Waals surface area contributed by atoms with Crippen molar-refractivity contribution in [3.8, 4) is 0 Å². The third-order valence-electron chi connectivity index (χ3n) is 2.84. The molecule has 2 rings (SSSR count). The van der Waals surface area contributed by atoms with Gasteiger partial charge in [-0.1, -0.05) is 35.9 Å². The summed E-state index contributed by atoms with van der Waals surface area (Å²) >= 11 is 1.45. The number of carbonyl (C=O) groups is 2. The van der Waals surface area contributed by atoms with Crippen LogP contribution in [0.1, 0.15) is 12.0 Å². The SMILES string of the molecule is Cc1ccc(NC(=O)CC(=O)CSc2ccccc2)cc1. The standard InChI is InChI=1S/C17H17NO2S/c1-13-7-9-14(10-8-13)18-17(20)11-15(19)12-21-16-5-3-2-4-6-16/h2-10H,11-12H2,1H3,(H,18,20). The average molecular weight is 299 g/mol. The lowest BCUT2D eigenvalue weighted by molar-refractivity contribution is -0.123. The zero-order chi connectivity index (χ0) is 15.1. The minimum atomic E-state index is -0.266. The number of amides is 1. The third kappa shape index (κ3) is 5.44. The summed E-state index contributed by atoms with van der Waals surface area (Å²) in [5, 5.41) is 2.73. The van der Waals surface area contributed by atoms with Crippen molar-refractivity contribution >= 4 is 29.1 Å². The van der Waals surface area contributed by atoms with Crippen molar-refractivity contribution in [3.05, 3.63) is 60.2 Å². The molecule has 0 atom stereocenters. The second-order valence-electron chi connectivity index (χ2n) is 4.73. The first kappa shape index (κ1) is 15.3. The highest BCUT2D eigenvalue weighted by Crippen LogP contribution is 2.17. The van der Waals surface area contributed by atoms with Gasteiger partial charge in [0.25, 0.3) is 0 Å². The molecule has 0 aliphatic rings. The number of rotatable bonds is 6. The fraction of sp³-hybridized carbons (Fsp3) is 0.176. The summed E-state index contributed by atoms with van der Waals surface area (Å²) in [6.07, 6.45) is -0.0896. The van der Waals surface area contributed by atoms with E-state index in [0.717, 1.165) is 10.5 Å². The van der Waals surface area contributed by atoms with Gasteiger partial charge in [-0.2, -0.15) is 0 Å². The Morgan fingerprint density at radius 1 is 1.00 bits per heavy atom. The van der Waals surface area contributed by atoms with Gasteiger partial charge in [0.05, 0.1) is 12.2 Å². The van der Waals surface area contributed by atoms with Crippen molar-refractivity contribution in [2.24, 2.45) is 0 Å². The molecule has 0 radical (unpaired) electrons. The first-order valence-corrected chi connectivity index (χ1v) is 7.68. The van der Waals surface area contributed by atoms with Gasteiger partial charge in [-0.05, 0) is 31.2 Å². The van der Waals surface area contributed by atoms with E-state index < -0.39 is 0 Å².